The Morgan fingerprint density at radius 1 is 1.16 bits per heavy atom. The van der Waals surface area contributed by atoms with Gasteiger partial charge in [-0.05, 0) is 25.0 Å². The number of benzene rings is 2. The van der Waals surface area contributed by atoms with E-state index in [0.29, 0.717) is 18.7 Å². The molecular formula is C18H22N2O4S. The number of ether oxygens (including phenoxy) is 1. The highest BCUT2D eigenvalue weighted by Crippen LogP contribution is 2.32. The lowest BCUT2D eigenvalue weighted by molar-refractivity contribution is -0.120. The van der Waals surface area contributed by atoms with Gasteiger partial charge >= 0.3 is 0 Å². The zero-order valence-electron chi connectivity index (χ0n) is 14.4. The summed E-state index contributed by atoms with van der Waals surface area (Å²) in [7, 11) is -1.81. The van der Waals surface area contributed by atoms with Crippen LogP contribution in [0.25, 0.3) is 10.8 Å². The first-order valence-electron chi connectivity index (χ1n) is 8.25. The summed E-state index contributed by atoms with van der Waals surface area (Å²) in [5.74, 6) is 0.435. The molecule has 25 heavy (non-hydrogen) atoms. The van der Waals surface area contributed by atoms with Gasteiger partial charge in [-0.1, -0.05) is 30.7 Å². The zero-order valence-corrected chi connectivity index (χ0v) is 15.2. The molecule has 0 spiro atoms. The largest absolute Gasteiger partial charge is 0.496 e. The van der Waals surface area contributed by atoms with Gasteiger partial charge in [-0.15, -0.1) is 0 Å². The molecule has 2 aromatic carbocycles. The highest BCUT2D eigenvalue weighted by molar-refractivity contribution is 7.88. The van der Waals surface area contributed by atoms with Crippen molar-refractivity contribution in [3.63, 3.8) is 0 Å². The maximum absolute atomic E-state index is 12.8. The molecular weight excluding hydrogens is 340 g/mol. The topological polar surface area (TPSA) is 75.7 Å². The van der Waals surface area contributed by atoms with Crippen molar-refractivity contribution in [3.05, 3.63) is 36.4 Å². The number of carbonyl (C=O) groups excluding carboxylic acids is 1. The zero-order chi connectivity index (χ0) is 18.0. The van der Waals surface area contributed by atoms with Gasteiger partial charge in [0, 0.05) is 23.0 Å². The molecule has 0 radical (unpaired) electrons. The lowest BCUT2D eigenvalue weighted by Crippen LogP contribution is -2.49. The number of nitrogens with zero attached hydrogens (tertiary/aromatic N) is 1. The van der Waals surface area contributed by atoms with Crippen LogP contribution in [-0.4, -0.2) is 44.6 Å². The van der Waals surface area contributed by atoms with Gasteiger partial charge in [0.15, 0.2) is 0 Å². The van der Waals surface area contributed by atoms with Crippen LogP contribution in [0.3, 0.4) is 0 Å². The number of piperidine rings is 1. The van der Waals surface area contributed by atoms with Crippen LogP contribution in [0.4, 0.5) is 5.69 Å². The number of methoxy groups -OCH3 is 1. The maximum Gasteiger partial charge on any atom is 0.242 e. The van der Waals surface area contributed by atoms with Crippen molar-refractivity contribution in [1.82, 2.24) is 4.31 Å². The number of rotatable bonds is 4. The van der Waals surface area contributed by atoms with Crippen molar-refractivity contribution < 1.29 is 17.9 Å². The summed E-state index contributed by atoms with van der Waals surface area (Å²) >= 11 is 0. The smallest absolute Gasteiger partial charge is 0.242 e. The Morgan fingerprint density at radius 3 is 2.56 bits per heavy atom. The molecule has 7 heteroatoms. The summed E-state index contributed by atoms with van der Waals surface area (Å²) < 4.78 is 30.6. The number of anilines is 1. The second-order valence-electron chi connectivity index (χ2n) is 6.24. The third kappa shape index (κ3) is 3.62. The maximum atomic E-state index is 12.8. The van der Waals surface area contributed by atoms with E-state index in [2.05, 4.69) is 5.32 Å². The Morgan fingerprint density at radius 2 is 1.88 bits per heavy atom. The fourth-order valence-electron chi connectivity index (χ4n) is 3.34. The van der Waals surface area contributed by atoms with Crippen molar-refractivity contribution in [1.29, 1.82) is 0 Å². The highest BCUT2D eigenvalue weighted by atomic mass is 32.2. The van der Waals surface area contributed by atoms with Crippen molar-refractivity contribution >= 4 is 32.4 Å². The SMILES string of the molecule is COc1ccc(NC(=O)C2CCCCN2S(C)(=O)=O)c2ccccc12. The standard InChI is InChI=1S/C18H22N2O4S/c1-24-17-11-10-15(13-7-3-4-8-14(13)17)19-18(21)16-9-5-6-12-20(16)25(2,22)23/h3-4,7-8,10-11,16H,5-6,9,12H2,1-2H3,(H,19,21). The van der Waals surface area contributed by atoms with Crippen LogP contribution in [0.5, 0.6) is 5.75 Å². The van der Waals surface area contributed by atoms with Gasteiger partial charge in [0.2, 0.25) is 15.9 Å². The normalized spacial score (nSPS) is 18.9. The summed E-state index contributed by atoms with van der Waals surface area (Å²) in [6.07, 6.45) is 3.31. The number of amides is 1. The van der Waals surface area contributed by atoms with Crippen LogP contribution in [0, 0.1) is 0 Å². The van der Waals surface area contributed by atoms with Crippen molar-refractivity contribution in [3.8, 4) is 5.75 Å². The average Bonchev–Trinajstić information content (AvgIpc) is 2.61. The summed E-state index contributed by atoms with van der Waals surface area (Å²) in [5, 5.41) is 4.66. The first-order valence-corrected chi connectivity index (χ1v) is 10.1. The average molecular weight is 362 g/mol. The van der Waals surface area contributed by atoms with Gasteiger partial charge in [-0.3, -0.25) is 4.79 Å². The molecule has 1 saturated heterocycles. The summed E-state index contributed by atoms with van der Waals surface area (Å²) in [5.41, 5.74) is 0.653. The van der Waals surface area contributed by atoms with Gasteiger partial charge in [-0.25, -0.2) is 8.42 Å². The Balaban J connectivity index is 1.92. The lowest BCUT2D eigenvalue weighted by atomic mass is 10.0. The second-order valence-corrected chi connectivity index (χ2v) is 8.17. The molecule has 1 heterocycles. The Labute approximate surface area is 147 Å². The highest BCUT2D eigenvalue weighted by Gasteiger charge is 2.34. The molecule has 6 nitrogen and oxygen atoms in total. The van der Waals surface area contributed by atoms with Gasteiger partial charge in [0.25, 0.3) is 0 Å². The summed E-state index contributed by atoms with van der Waals surface area (Å²) in [6.45, 7) is 0.389. The van der Waals surface area contributed by atoms with Crippen LogP contribution in [0.2, 0.25) is 0 Å². The number of hydrogen-bond donors (Lipinski definition) is 1. The van der Waals surface area contributed by atoms with Crippen molar-refractivity contribution in [2.45, 2.75) is 25.3 Å². The molecule has 0 aliphatic carbocycles. The van der Waals surface area contributed by atoms with Crippen LogP contribution >= 0.6 is 0 Å². The fourth-order valence-corrected chi connectivity index (χ4v) is 4.46. The van der Waals surface area contributed by atoms with E-state index in [-0.39, 0.29) is 5.91 Å². The number of nitrogens with one attached hydrogen (secondary N) is 1. The molecule has 2 aromatic rings. The van der Waals surface area contributed by atoms with E-state index in [1.165, 1.54) is 4.31 Å². The van der Waals surface area contributed by atoms with E-state index < -0.39 is 16.1 Å². The minimum Gasteiger partial charge on any atom is -0.496 e. The van der Waals surface area contributed by atoms with Crippen LogP contribution in [0.1, 0.15) is 19.3 Å². The molecule has 0 bridgehead atoms. The quantitative estimate of drug-likeness (QED) is 0.907. The third-order valence-electron chi connectivity index (χ3n) is 4.54. The third-order valence-corrected chi connectivity index (χ3v) is 5.83. The molecule has 1 N–H and O–H groups in total. The molecule has 1 aliphatic heterocycles. The molecule has 1 amide bonds. The minimum absolute atomic E-state index is 0.291. The van der Waals surface area contributed by atoms with Crippen LogP contribution in [-0.2, 0) is 14.8 Å². The lowest BCUT2D eigenvalue weighted by Gasteiger charge is -2.32. The van der Waals surface area contributed by atoms with Gasteiger partial charge in [0.1, 0.15) is 11.8 Å². The molecule has 134 valence electrons. The Hall–Kier alpha value is -2.12. The van der Waals surface area contributed by atoms with Crippen LogP contribution < -0.4 is 10.1 Å². The van der Waals surface area contributed by atoms with E-state index in [1.807, 2.05) is 24.3 Å². The molecule has 1 unspecified atom stereocenters. The van der Waals surface area contributed by atoms with E-state index in [9.17, 15) is 13.2 Å². The van der Waals surface area contributed by atoms with Gasteiger partial charge in [-0.2, -0.15) is 4.31 Å². The van der Waals surface area contributed by atoms with E-state index in [1.54, 1.807) is 19.2 Å². The van der Waals surface area contributed by atoms with E-state index in [4.69, 9.17) is 4.74 Å². The second kappa shape index (κ2) is 7.01. The van der Waals surface area contributed by atoms with Gasteiger partial charge < -0.3 is 10.1 Å². The monoisotopic (exact) mass is 362 g/mol. The summed E-state index contributed by atoms with van der Waals surface area (Å²) in [6, 6.07) is 10.5. The Kier molecular flexibility index (Phi) is 4.96. The Bertz CT molecular complexity index is 895. The number of sulfonamides is 1. The van der Waals surface area contributed by atoms with E-state index in [0.717, 1.165) is 35.6 Å². The van der Waals surface area contributed by atoms with Gasteiger partial charge in [0.05, 0.1) is 13.4 Å². The van der Waals surface area contributed by atoms with E-state index >= 15 is 0 Å². The first kappa shape index (κ1) is 17.7. The molecule has 0 aromatic heterocycles. The predicted molar refractivity (Wildman–Crippen MR) is 98.3 cm³/mol. The molecule has 1 fully saturated rings. The van der Waals surface area contributed by atoms with Crippen molar-refractivity contribution in [2.75, 3.05) is 25.2 Å². The number of carbonyl (C=O) groups is 1. The predicted octanol–water partition coefficient (Wildman–Crippen LogP) is 2.60. The van der Waals surface area contributed by atoms with Crippen LogP contribution in [0.15, 0.2) is 36.4 Å². The minimum atomic E-state index is -3.41. The van der Waals surface area contributed by atoms with Crippen molar-refractivity contribution in [2.24, 2.45) is 0 Å². The number of hydrogen-bond acceptors (Lipinski definition) is 4. The molecule has 1 atom stereocenters. The summed E-state index contributed by atoms with van der Waals surface area (Å²) in [4.78, 5) is 12.8. The first-order chi connectivity index (χ1) is 11.9. The molecule has 1 aliphatic rings. The fraction of sp³-hybridized carbons (Fsp3) is 0.389. The molecule has 0 saturated carbocycles. The number of fused-ring (bicyclic) bond motifs is 1. The molecule has 3 rings (SSSR count).